The monoisotopic (exact) mass is 154 g/mol. The van der Waals surface area contributed by atoms with Gasteiger partial charge in [0.1, 0.15) is 0 Å². The fourth-order valence-electron chi connectivity index (χ4n) is 2.08. The Kier molecular flexibility index (Phi) is 1.59. The minimum atomic E-state index is -0.955. The van der Waals surface area contributed by atoms with Gasteiger partial charge in [0, 0.05) is 0 Å². The van der Waals surface area contributed by atoms with Crippen molar-refractivity contribution in [2.45, 2.75) is 38.0 Å². The molecule has 2 unspecified atom stereocenters. The van der Waals surface area contributed by atoms with Gasteiger partial charge in [-0.1, -0.05) is 32.6 Å². The molecule has 0 aliphatic heterocycles. The van der Waals surface area contributed by atoms with Gasteiger partial charge in [-0.15, -0.1) is 6.58 Å². The summed E-state index contributed by atoms with van der Waals surface area (Å²) in [6.07, 6.45) is 3.61. The third-order valence-corrected chi connectivity index (χ3v) is 6.82. The maximum absolute atomic E-state index is 3.95. The standard InChI is InChI=1S/C9H18Si/c1-6-9(7-8(9)2)10(3,4)5/h6,8H,1,7H2,2-5H3. The molecule has 1 saturated carbocycles. The summed E-state index contributed by atoms with van der Waals surface area (Å²) in [5, 5.41) is 0.590. The Balaban J connectivity index is 2.79. The van der Waals surface area contributed by atoms with Crippen LogP contribution < -0.4 is 0 Å². The number of hydrogen-bond acceptors (Lipinski definition) is 0. The van der Waals surface area contributed by atoms with E-state index in [1.165, 1.54) is 6.42 Å². The largest absolute Gasteiger partial charge is 0.103 e. The first-order valence-corrected chi connectivity index (χ1v) is 7.57. The molecule has 1 fully saturated rings. The molecule has 0 radical (unpaired) electrons. The van der Waals surface area contributed by atoms with Crippen LogP contribution in [0.5, 0.6) is 0 Å². The molecular weight excluding hydrogens is 136 g/mol. The lowest BCUT2D eigenvalue weighted by molar-refractivity contribution is 0.886. The van der Waals surface area contributed by atoms with Gasteiger partial charge in [0.15, 0.2) is 0 Å². The number of allylic oxidation sites excluding steroid dienone is 1. The minimum absolute atomic E-state index is 0.590. The summed E-state index contributed by atoms with van der Waals surface area (Å²) in [5.74, 6) is 0.914. The predicted octanol–water partition coefficient (Wildman–Crippen LogP) is 3.29. The van der Waals surface area contributed by atoms with Crippen molar-refractivity contribution in [2.24, 2.45) is 5.92 Å². The van der Waals surface area contributed by atoms with Crippen molar-refractivity contribution in [1.82, 2.24) is 0 Å². The van der Waals surface area contributed by atoms with Crippen LogP contribution >= 0.6 is 0 Å². The minimum Gasteiger partial charge on any atom is -0.103 e. The highest BCUT2D eigenvalue weighted by atomic mass is 28.3. The molecule has 0 aromatic rings. The van der Waals surface area contributed by atoms with Gasteiger partial charge in [-0.2, -0.15) is 0 Å². The summed E-state index contributed by atoms with van der Waals surface area (Å²) in [6.45, 7) is 13.6. The molecule has 0 aromatic heterocycles. The molecule has 10 heavy (non-hydrogen) atoms. The van der Waals surface area contributed by atoms with Gasteiger partial charge in [0.05, 0.1) is 8.07 Å². The first-order valence-electron chi connectivity index (χ1n) is 4.07. The molecule has 0 heterocycles. The maximum atomic E-state index is 3.95. The van der Waals surface area contributed by atoms with E-state index >= 15 is 0 Å². The SMILES string of the molecule is C=CC1([Si](C)(C)C)CC1C. The Labute approximate surface area is 65.3 Å². The zero-order valence-electron chi connectivity index (χ0n) is 7.57. The lowest BCUT2D eigenvalue weighted by Gasteiger charge is -2.26. The molecular formula is C9H18Si. The Bertz CT molecular complexity index is 155. The van der Waals surface area contributed by atoms with Gasteiger partial charge < -0.3 is 0 Å². The third kappa shape index (κ3) is 0.877. The molecule has 0 amide bonds. The highest BCUT2D eigenvalue weighted by Gasteiger charge is 2.56. The van der Waals surface area contributed by atoms with Crippen LogP contribution in [0.1, 0.15) is 13.3 Å². The van der Waals surface area contributed by atoms with Gasteiger partial charge in [-0.05, 0) is 17.4 Å². The van der Waals surface area contributed by atoms with E-state index in [2.05, 4.69) is 39.2 Å². The summed E-state index contributed by atoms with van der Waals surface area (Å²) >= 11 is 0. The molecule has 1 rings (SSSR count). The quantitative estimate of drug-likeness (QED) is 0.423. The van der Waals surface area contributed by atoms with E-state index in [9.17, 15) is 0 Å². The normalized spacial score (nSPS) is 39.4. The van der Waals surface area contributed by atoms with Crippen molar-refractivity contribution in [1.29, 1.82) is 0 Å². The third-order valence-electron chi connectivity index (χ3n) is 3.12. The van der Waals surface area contributed by atoms with Gasteiger partial charge >= 0.3 is 0 Å². The lowest BCUT2D eigenvalue weighted by Crippen LogP contribution is -2.29. The average molecular weight is 154 g/mol. The molecule has 58 valence electrons. The van der Waals surface area contributed by atoms with E-state index in [0.717, 1.165) is 5.92 Å². The fourth-order valence-corrected chi connectivity index (χ4v) is 5.09. The van der Waals surface area contributed by atoms with E-state index in [1.807, 2.05) is 0 Å². The Morgan fingerprint density at radius 1 is 1.50 bits per heavy atom. The van der Waals surface area contributed by atoms with E-state index in [0.29, 0.717) is 5.04 Å². The first-order chi connectivity index (χ1) is 4.44. The Morgan fingerprint density at radius 3 is 1.90 bits per heavy atom. The van der Waals surface area contributed by atoms with Gasteiger partial charge in [0.2, 0.25) is 0 Å². The molecule has 1 heteroatoms. The van der Waals surface area contributed by atoms with Gasteiger partial charge in [-0.3, -0.25) is 0 Å². The molecule has 0 bridgehead atoms. The second-order valence-electron chi connectivity index (χ2n) is 4.60. The maximum Gasteiger partial charge on any atom is 0.0552 e. The van der Waals surface area contributed by atoms with Crippen LogP contribution in [0, 0.1) is 5.92 Å². The zero-order chi connectivity index (χ0) is 7.99. The lowest BCUT2D eigenvalue weighted by atomic mass is 10.3. The fraction of sp³-hybridized carbons (Fsp3) is 0.778. The van der Waals surface area contributed by atoms with Crippen LogP contribution in [0.3, 0.4) is 0 Å². The Hall–Kier alpha value is -0.0431. The summed E-state index contributed by atoms with van der Waals surface area (Å²) in [5.41, 5.74) is 0. The molecule has 0 spiro atoms. The smallest absolute Gasteiger partial charge is 0.0552 e. The average Bonchev–Trinajstić information content (AvgIpc) is 2.40. The highest BCUT2D eigenvalue weighted by molar-refractivity contribution is 6.80. The molecule has 0 N–H and O–H groups in total. The highest BCUT2D eigenvalue weighted by Crippen LogP contribution is 2.66. The summed E-state index contributed by atoms with van der Waals surface area (Å²) < 4.78 is 0. The second kappa shape index (κ2) is 1.97. The van der Waals surface area contributed by atoms with Crippen LogP contribution in [0.4, 0.5) is 0 Å². The molecule has 1 aliphatic rings. The summed E-state index contributed by atoms with van der Waals surface area (Å²) in [7, 11) is -0.955. The molecule has 0 saturated heterocycles. The van der Waals surface area contributed by atoms with E-state index in [1.54, 1.807) is 0 Å². The van der Waals surface area contributed by atoms with Gasteiger partial charge in [-0.25, -0.2) is 0 Å². The van der Waals surface area contributed by atoms with Crippen molar-refractivity contribution < 1.29 is 0 Å². The van der Waals surface area contributed by atoms with Crippen LogP contribution in [0.2, 0.25) is 24.7 Å². The first kappa shape index (κ1) is 8.06. The molecule has 2 atom stereocenters. The van der Waals surface area contributed by atoms with Crippen LogP contribution in [-0.4, -0.2) is 8.07 Å². The van der Waals surface area contributed by atoms with E-state index < -0.39 is 8.07 Å². The topological polar surface area (TPSA) is 0 Å². The number of hydrogen-bond donors (Lipinski definition) is 0. The van der Waals surface area contributed by atoms with Crippen LogP contribution in [0.25, 0.3) is 0 Å². The van der Waals surface area contributed by atoms with E-state index in [4.69, 9.17) is 0 Å². The molecule has 0 nitrogen and oxygen atoms in total. The summed E-state index contributed by atoms with van der Waals surface area (Å²) in [4.78, 5) is 0. The van der Waals surface area contributed by atoms with E-state index in [-0.39, 0.29) is 0 Å². The van der Waals surface area contributed by atoms with Crippen molar-refractivity contribution >= 4 is 8.07 Å². The van der Waals surface area contributed by atoms with Crippen LogP contribution in [-0.2, 0) is 0 Å². The molecule has 1 aliphatic carbocycles. The summed E-state index contributed by atoms with van der Waals surface area (Å²) in [6, 6.07) is 0. The van der Waals surface area contributed by atoms with Gasteiger partial charge in [0.25, 0.3) is 0 Å². The zero-order valence-corrected chi connectivity index (χ0v) is 8.57. The Morgan fingerprint density at radius 2 is 1.90 bits per heavy atom. The number of rotatable bonds is 2. The van der Waals surface area contributed by atoms with Crippen LogP contribution in [0.15, 0.2) is 12.7 Å². The van der Waals surface area contributed by atoms with Crippen molar-refractivity contribution in [2.75, 3.05) is 0 Å². The molecule has 0 aromatic carbocycles. The second-order valence-corrected chi connectivity index (χ2v) is 10.0. The van der Waals surface area contributed by atoms with Crippen molar-refractivity contribution in [3.63, 3.8) is 0 Å². The predicted molar refractivity (Wildman–Crippen MR) is 50.0 cm³/mol. The van der Waals surface area contributed by atoms with Crippen molar-refractivity contribution in [3.8, 4) is 0 Å². The van der Waals surface area contributed by atoms with Crippen molar-refractivity contribution in [3.05, 3.63) is 12.7 Å².